The molecule has 1 N–H and O–H groups in total. The predicted molar refractivity (Wildman–Crippen MR) is 143 cm³/mol. The zero-order valence-electron chi connectivity index (χ0n) is 20.1. The molecule has 0 saturated heterocycles. The molecule has 2 aliphatic rings. The standard InChI is InChI=1S/C29H25Cl2N3O3/c1-32-24-11-14-33-25-15-18(7-8-20(24)25)29(35)12-9-19(10-13-29)36-16-21-27(34-37-28(21)17-5-6-17)26-22(30)3-2-4-23(26)31/h2-4,7-8,11,14-15,17,19,35H,5-6,9-10,12-13,16H2. The van der Waals surface area contributed by atoms with E-state index >= 15 is 0 Å². The number of nitrogens with zero attached hydrogens (tertiary/aromatic N) is 3. The molecule has 2 saturated carbocycles. The molecule has 2 aromatic carbocycles. The molecule has 8 heteroatoms. The van der Waals surface area contributed by atoms with Crippen LogP contribution in [0.25, 0.3) is 27.0 Å². The summed E-state index contributed by atoms with van der Waals surface area (Å²) in [5.74, 6) is 1.23. The van der Waals surface area contributed by atoms with Crippen LogP contribution in [0.4, 0.5) is 5.69 Å². The number of aliphatic hydroxyl groups is 1. The molecule has 4 aromatic rings. The maximum Gasteiger partial charge on any atom is 0.197 e. The highest BCUT2D eigenvalue weighted by atomic mass is 35.5. The van der Waals surface area contributed by atoms with Gasteiger partial charge in [-0.3, -0.25) is 4.98 Å². The molecule has 188 valence electrons. The second-order valence-corrected chi connectivity index (χ2v) is 10.8. The summed E-state index contributed by atoms with van der Waals surface area (Å²) >= 11 is 13.0. The molecular weight excluding hydrogens is 509 g/mol. The van der Waals surface area contributed by atoms with Gasteiger partial charge in [0.2, 0.25) is 0 Å². The number of fused-ring (bicyclic) bond motifs is 1. The summed E-state index contributed by atoms with van der Waals surface area (Å²) in [4.78, 5) is 7.98. The van der Waals surface area contributed by atoms with Crippen LogP contribution in [0.5, 0.6) is 0 Å². The fourth-order valence-corrected chi connectivity index (χ4v) is 5.87. The summed E-state index contributed by atoms with van der Waals surface area (Å²) in [6.07, 6.45) is 6.38. The van der Waals surface area contributed by atoms with Gasteiger partial charge in [0.25, 0.3) is 0 Å². The van der Waals surface area contributed by atoms with E-state index in [9.17, 15) is 5.11 Å². The van der Waals surface area contributed by atoms with Crippen LogP contribution in [0.15, 0.2) is 53.2 Å². The van der Waals surface area contributed by atoms with E-state index in [2.05, 4.69) is 15.0 Å². The van der Waals surface area contributed by atoms with Crippen molar-refractivity contribution in [2.45, 2.75) is 62.8 Å². The highest BCUT2D eigenvalue weighted by Gasteiger charge is 2.37. The van der Waals surface area contributed by atoms with Crippen molar-refractivity contribution in [3.63, 3.8) is 0 Å². The zero-order chi connectivity index (χ0) is 25.6. The van der Waals surface area contributed by atoms with Gasteiger partial charge in [-0.05, 0) is 68.4 Å². The first-order valence-electron chi connectivity index (χ1n) is 12.5. The molecule has 2 fully saturated rings. The monoisotopic (exact) mass is 533 g/mol. The molecule has 37 heavy (non-hydrogen) atoms. The fourth-order valence-electron chi connectivity index (χ4n) is 5.29. The molecule has 2 heterocycles. The van der Waals surface area contributed by atoms with Gasteiger partial charge in [0.05, 0.1) is 40.4 Å². The summed E-state index contributed by atoms with van der Waals surface area (Å²) in [7, 11) is 0. The second-order valence-electron chi connectivity index (χ2n) is 9.96. The number of halogens is 2. The number of benzene rings is 2. The van der Waals surface area contributed by atoms with Crippen LogP contribution in [0.3, 0.4) is 0 Å². The van der Waals surface area contributed by atoms with E-state index < -0.39 is 5.60 Å². The number of rotatable bonds is 6. The molecule has 0 atom stereocenters. The molecule has 2 aliphatic carbocycles. The van der Waals surface area contributed by atoms with E-state index in [1.807, 2.05) is 24.3 Å². The lowest BCUT2D eigenvalue weighted by atomic mass is 9.78. The van der Waals surface area contributed by atoms with Gasteiger partial charge in [-0.25, -0.2) is 4.85 Å². The first-order valence-corrected chi connectivity index (χ1v) is 13.3. The first kappa shape index (κ1) is 24.4. The average molecular weight is 534 g/mol. The van der Waals surface area contributed by atoms with Crippen LogP contribution in [0, 0.1) is 6.57 Å². The second kappa shape index (κ2) is 9.74. The molecule has 0 aliphatic heterocycles. The fraction of sp³-hybridized carbons (Fsp3) is 0.345. The predicted octanol–water partition coefficient (Wildman–Crippen LogP) is 7.97. The van der Waals surface area contributed by atoms with E-state index in [1.165, 1.54) is 0 Å². The quantitative estimate of drug-likeness (QED) is 0.254. The van der Waals surface area contributed by atoms with Crippen LogP contribution in [-0.4, -0.2) is 21.4 Å². The van der Waals surface area contributed by atoms with E-state index in [1.54, 1.807) is 24.4 Å². The molecule has 0 bridgehead atoms. The van der Waals surface area contributed by atoms with Crippen molar-refractivity contribution in [1.82, 2.24) is 10.1 Å². The zero-order valence-corrected chi connectivity index (χ0v) is 21.6. The molecule has 0 amide bonds. The lowest BCUT2D eigenvalue weighted by Crippen LogP contribution is -2.34. The molecule has 6 nitrogen and oxygen atoms in total. The number of pyridine rings is 1. The largest absolute Gasteiger partial charge is 0.385 e. The lowest BCUT2D eigenvalue weighted by Gasteiger charge is -2.36. The SMILES string of the molecule is [C-]#[N+]c1ccnc2cc(C3(O)CCC(OCc4c(-c5c(Cl)cccc5Cl)noc4C4CC4)CC3)ccc12. The molecular formula is C29H25Cl2N3O3. The van der Waals surface area contributed by atoms with Crippen molar-refractivity contribution in [3.05, 3.63) is 87.0 Å². The minimum Gasteiger partial charge on any atom is -0.385 e. The van der Waals surface area contributed by atoms with Crippen LogP contribution in [-0.2, 0) is 16.9 Å². The summed E-state index contributed by atoms with van der Waals surface area (Å²) in [5, 5.41) is 17.7. The molecule has 0 unspecified atom stereocenters. The highest BCUT2D eigenvalue weighted by Crippen LogP contribution is 2.46. The number of aromatic nitrogens is 2. The third-order valence-electron chi connectivity index (χ3n) is 7.57. The van der Waals surface area contributed by atoms with E-state index in [-0.39, 0.29) is 6.10 Å². The van der Waals surface area contributed by atoms with Gasteiger partial charge in [-0.15, -0.1) is 0 Å². The minimum atomic E-state index is -0.948. The molecule has 2 aromatic heterocycles. The molecule has 6 rings (SSSR count). The van der Waals surface area contributed by atoms with Gasteiger partial charge < -0.3 is 14.4 Å². The van der Waals surface area contributed by atoms with Crippen LogP contribution in [0.2, 0.25) is 10.0 Å². The summed E-state index contributed by atoms with van der Waals surface area (Å²) < 4.78 is 12.1. The van der Waals surface area contributed by atoms with Crippen molar-refractivity contribution in [2.75, 3.05) is 0 Å². The maximum atomic E-state index is 11.5. The Bertz CT molecular complexity index is 1490. The number of hydrogen-bond donors (Lipinski definition) is 1. The Morgan fingerprint density at radius 3 is 2.54 bits per heavy atom. The Morgan fingerprint density at radius 1 is 1.08 bits per heavy atom. The number of ether oxygens (including phenoxy) is 1. The minimum absolute atomic E-state index is 0.00379. The summed E-state index contributed by atoms with van der Waals surface area (Å²) in [5.41, 5.74) is 3.40. The maximum absolute atomic E-state index is 11.5. The van der Waals surface area contributed by atoms with Crippen molar-refractivity contribution in [3.8, 4) is 11.3 Å². The summed E-state index contributed by atoms with van der Waals surface area (Å²) in [6.45, 7) is 7.72. The van der Waals surface area contributed by atoms with Crippen molar-refractivity contribution in [1.29, 1.82) is 0 Å². The Labute approximate surface area is 225 Å². The van der Waals surface area contributed by atoms with Gasteiger partial charge >= 0.3 is 0 Å². The first-order chi connectivity index (χ1) is 18.0. The lowest BCUT2D eigenvalue weighted by molar-refractivity contribution is -0.0640. The van der Waals surface area contributed by atoms with Crippen LogP contribution >= 0.6 is 23.2 Å². The van der Waals surface area contributed by atoms with Gasteiger partial charge in [-0.2, -0.15) is 0 Å². The third-order valence-corrected chi connectivity index (χ3v) is 8.20. The Balaban J connectivity index is 1.18. The normalized spacial score (nSPS) is 21.7. The Morgan fingerprint density at radius 2 is 1.84 bits per heavy atom. The van der Waals surface area contributed by atoms with E-state index in [0.29, 0.717) is 52.4 Å². The van der Waals surface area contributed by atoms with Crippen LogP contribution < -0.4 is 0 Å². The van der Waals surface area contributed by atoms with Gasteiger partial charge in [0.15, 0.2) is 5.69 Å². The van der Waals surface area contributed by atoms with Crippen molar-refractivity contribution < 1.29 is 14.4 Å². The van der Waals surface area contributed by atoms with Gasteiger partial charge in [0, 0.05) is 28.6 Å². The topological polar surface area (TPSA) is 72.7 Å². The smallest absolute Gasteiger partial charge is 0.197 e. The molecule has 0 spiro atoms. The number of hydrogen-bond acceptors (Lipinski definition) is 5. The van der Waals surface area contributed by atoms with Crippen molar-refractivity contribution >= 4 is 39.8 Å². The van der Waals surface area contributed by atoms with Gasteiger partial charge in [-0.1, -0.05) is 46.6 Å². The summed E-state index contributed by atoms with van der Waals surface area (Å²) in [6, 6.07) is 12.8. The van der Waals surface area contributed by atoms with E-state index in [0.717, 1.165) is 53.5 Å². The highest BCUT2D eigenvalue weighted by molar-refractivity contribution is 6.39. The average Bonchev–Trinajstić information content (AvgIpc) is 3.68. The Kier molecular flexibility index (Phi) is 6.42. The van der Waals surface area contributed by atoms with Crippen molar-refractivity contribution in [2.24, 2.45) is 0 Å². The van der Waals surface area contributed by atoms with Crippen LogP contribution in [0.1, 0.15) is 61.3 Å². The van der Waals surface area contributed by atoms with Gasteiger partial charge in [0.1, 0.15) is 11.5 Å². The third kappa shape index (κ3) is 4.62. The van der Waals surface area contributed by atoms with E-state index in [4.69, 9.17) is 39.0 Å². The molecule has 0 radical (unpaired) electrons. The Hall–Kier alpha value is -2.95.